The molecule has 162 valence electrons. The summed E-state index contributed by atoms with van der Waals surface area (Å²) in [5.41, 5.74) is 1.48. The van der Waals surface area contributed by atoms with Gasteiger partial charge in [-0.25, -0.2) is 17.2 Å². The van der Waals surface area contributed by atoms with Crippen LogP contribution < -0.4 is 9.62 Å². The molecule has 9 heteroatoms. The summed E-state index contributed by atoms with van der Waals surface area (Å²) >= 11 is 0. The number of hydrogen-bond acceptors (Lipinski definition) is 5. The zero-order chi connectivity index (χ0) is 22.0. The highest BCUT2D eigenvalue weighted by Crippen LogP contribution is 2.26. The summed E-state index contributed by atoms with van der Waals surface area (Å²) in [5.74, 6) is -0.463. The number of nitrogens with zero attached hydrogens (tertiary/aromatic N) is 3. The average Bonchev–Trinajstić information content (AvgIpc) is 2.74. The van der Waals surface area contributed by atoms with Crippen LogP contribution in [0.3, 0.4) is 0 Å². The van der Waals surface area contributed by atoms with E-state index in [0.717, 1.165) is 49.8 Å². The first-order valence-electron chi connectivity index (χ1n) is 9.99. The van der Waals surface area contributed by atoms with Gasteiger partial charge in [0.1, 0.15) is 16.5 Å². The Kier molecular flexibility index (Phi) is 5.86. The van der Waals surface area contributed by atoms with E-state index in [-0.39, 0.29) is 5.69 Å². The van der Waals surface area contributed by atoms with Gasteiger partial charge in [0.15, 0.2) is 5.82 Å². The van der Waals surface area contributed by atoms with E-state index in [1.54, 1.807) is 24.3 Å². The van der Waals surface area contributed by atoms with Gasteiger partial charge in [0.2, 0.25) is 0 Å². The van der Waals surface area contributed by atoms with Crippen molar-refractivity contribution in [3.63, 3.8) is 0 Å². The van der Waals surface area contributed by atoms with Gasteiger partial charge in [-0.05, 0) is 55.2 Å². The van der Waals surface area contributed by atoms with Crippen molar-refractivity contribution < 1.29 is 17.2 Å². The quantitative estimate of drug-likeness (QED) is 0.629. The summed E-state index contributed by atoms with van der Waals surface area (Å²) in [6, 6.07) is 12.6. The Labute approximate surface area is 180 Å². The number of benzene rings is 2. The van der Waals surface area contributed by atoms with Crippen LogP contribution in [0.1, 0.15) is 19.8 Å². The van der Waals surface area contributed by atoms with Crippen molar-refractivity contribution in [1.29, 1.82) is 0 Å². The number of rotatable bonds is 5. The summed E-state index contributed by atoms with van der Waals surface area (Å²) in [6.07, 6.45) is 2.25. The minimum atomic E-state index is -4.22. The Bertz CT molecular complexity index is 1180. The van der Waals surface area contributed by atoms with Gasteiger partial charge in [-0.15, -0.1) is 10.2 Å². The fraction of sp³-hybridized carbons (Fsp3) is 0.273. The zero-order valence-corrected chi connectivity index (χ0v) is 17.7. The van der Waals surface area contributed by atoms with Crippen LogP contribution in [0.25, 0.3) is 11.3 Å². The fourth-order valence-electron chi connectivity index (χ4n) is 3.53. The topological polar surface area (TPSA) is 75.2 Å². The highest BCUT2D eigenvalue weighted by atomic mass is 32.2. The predicted octanol–water partition coefficient (Wildman–Crippen LogP) is 4.46. The number of hydrogen-bond donors (Lipinski definition) is 1. The summed E-state index contributed by atoms with van der Waals surface area (Å²) in [6.45, 7) is 4.15. The minimum Gasteiger partial charge on any atom is -0.355 e. The van der Waals surface area contributed by atoms with Crippen molar-refractivity contribution >= 4 is 21.5 Å². The van der Waals surface area contributed by atoms with Crippen molar-refractivity contribution in [1.82, 2.24) is 10.2 Å². The monoisotopic (exact) mass is 444 g/mol. The van der Waals surface area contributed by atoms with Gasteiger partial charge in [-0.1, -0.05) is 19.1 Å². The van der Waals surface area contributed by atoms with Gasteiger partial charge in [0.05, 0.1) is 5.69 Å². The second-order valence-electron chi connectivity index (χ2n) is 7.71. The first-order valence-corrected chi connectivity index (χ1v) is 11.5. The molecule has 1 N–H and O–H groups in total. The maximum atomic E-state index is 13.9. The Balaban J connectivity index is 1.53. The first-order chi connectivity index (χ1) is 14.8. The second-order valence-corrected chi connectivity index (χ2v) is 9.36. The molecule has 0 amide bonds. The molecular weight excluding hydrogens is 422 g/mol. The van der Waals surface area contributed by atoms with Crippen molar-refractivity contribution in [3.05, 3.63) is 66.2 Å². The van der Waals surface area contributed by atoms with E-state index in [1.807, 2.05) is 12.1 Å². The minimum absolute atomic E-state index is 0.233. The highest BCUT2D eigenvalue weighted by molar-refractivity contribution is 7.92. The molecule has 4 rings (SSSR count). The molecule has 1 saturated heterocycles. The predicted molar refractivity (Wildman–Crippen MR) is 115 cm³/mol. The third kappa shape index (κ3) is 4.82. The number of nitrogens with one attached hydrogen (secondary N) is 1. The molecule has 0 saturated carbocycles. The van der Waals surface area contributed by atoms with E-state index < -0.39 is 26.6 Å². The summed E-state index contributed by atoms with van der Waals surface area (Å²) in [7, 11) is -4.22. The molecule has 1 fully saturated rings. The Morgan fingerprint density at radius 1 is 1.00 bits per heavy atom. The first kappa shape index (κ1) is 21.2. The molecule has 0 bridgehead atoms. The van der Waals surface area contributed by atoms with Gasteiger partial charge < -0.3 is 4.90 Å². The second kappa shape index (κ2) is 8.58. The van der Waals surface area contributed by atoms with E-state index >= 15 is 0 Å². The van der Waals surface area contributed by atoms with E-state index in [2.05, 4.69) is 26.7 Å². The van der Waals surface area contributed by atoms with E-state index in [0.29, 0.717) is 17.3 Å². The van der Waals surface area contributed by atoms with Crippen LogP contribution in [0.15, 0.2) is 59.5 Å². The number of aromatic nitrogens is 2. The SMILES string of the molecule is CC1CCN(c2ccc(-c3cccc(NS(=O)(=O)c4ccc(F)cc4F)c3)nn2)CC1. The van der Waals surface area contributed by atoms with Gasteiger partial charge in [-0.3, -0.25) is 4.72 Å². The maximum absolute atomic E-state index is 13.9. The van der Waals surface area contributed by atoms with E-state index in [4.69, 9.17) is 0 Å². The number of anilines is 2. The normalized spacial score (nSPS) is 15.1. The van der Waals surface area contributed by atoms with Gasteiger partial charge in [-0.2, -0.15) is 0 Å². The molecule has 6 nitrogen and oxygen atoms in total. The molecule has 1 aliphatic rings. The molecule has 2 aromatic carbocycles. The summed E-state index contributed by atoms with van der Waals surface area (Å²) < 4.78 is 54.4. The number of halogens is 2. The molecule has 2 heterocycles. The van der Waals surface area contributed by atoms with Crippen molar-refractivity contribution in [3.8, 4) is 11.3 Å². The number of piperidine rings is 1. The zero-order valence-electron chi connectivity index (χ0n) is 16.9. The molecule has 31 heavy (non-hydrogen) atoms. The lowest BCUT2D eigenvalue weighted by Crippen LogP contribution is -2.33. The lowest BCUT2D eigenvalue weighted by atomic mass is 9.99. The lowest BCUT2D eigenvalue weighted by molar-refractivity contribution is 0.436. The molecule has 0 unspecified atom stereocenters. The summed E-state index contributed by atoms with van der Waals surface area (Å²) in [4.78, 5) is 1.58. The summed E-state index contributed by atoms with van der Waals surface area (Å²) in [5, 5.41) is 8.62. The molecule has 1 aromatic heterocycles. The maximum Gasteiger partial charge on any atom is 0.264 e. The van der Waals surface area contributed by atoms with Gasteiger partial charge in [0, 0.05) is 30.4 Å². The van der Waals surface area contributed by atoms with Crippen LogP contribution in [0, 0.1) is 17.6 Å². The van der Waals surface area contributed by atoms with Crippen LogP contribution in [0.5, 0.6) is 0 Å². The van der Waals surface area contributed by atoms with Crippen molar-refractivity contribution in [2.24, 2.45) is 5.92 Å². The smallest absolute Gasteiger partial charge is 0.264 e. The Hall–Kier alpha value is -3.07. The van der Waals surface area contributed by atoms with Crippen LogP contribution in [-0.2, 0) is 10.0 Å². The van der Waals surface area contributed by atoms with Crippen LogP contribution in [0.4, 0.5) is 20.3 Å². The van der Waals surface area contributed by atoms with Crippen molar-refractivity contribution in [2.45, 2.75) is 24.7 Å². The molecular formula is C22H22F2N4O2S. The molecule has 0 atom stereocenters. The van der Waals surface area contributed by atoms with Crippen LogP contribution >= 0.6 is 0 Å². The van der Waals surface area contributed by atoms with Gasteiger partial charge >= 0.3 is 0 Å². The average molecular weight is 445 g/mol. The Morgan fingerprint density at radius 2 is 1.77 bits per heavy atom. The van der Waals surface area contributed by atoms with E-state index in [1.165, 1.54) is 0 Å². The Morgan fingerprint density at radius 3 is 2.45 bits per heavy atom. The van der Waals surface area contributed by atoms with Crippen LogP contribution in [0.2, 0.25) is 0 Å². The van der Waals surface area contributed by atoms with E-state index in [9.17, 15) is 17.2 Å². The lowest BCUT2D eigenvalue weighted by Gasteiger charge is -2.30. The molecule has 3 aromatic rings. The molecule has 0 aliphatic carbocycles. The third-order valence-corrected chi connectivity index (χ3v) is 6.77. The fourth-order valence-corrected chi connectivity index (χ4v) is 4.64. The standard InChI is InChI=1S/C22H22F2N4O2S/c1-15-9-11-28(12-10-15)22-8-6-20(25-26-22)16-3-2-4-18(13-16)27-31(29,30)21-7-5-17(23)14-19(21)24/h2-8,13-15,27H,9-12H2,1H3. The molecule has 0 spiro atoms. The molecule has 1 aliphatic heterocycles. The van der Waals surface area contributed by atoms with Crippen molar-refractivity contribution in [2.75, 3.05) is 22.7 Å². The van der Waals surface area contributed by atoms with Gasteiger partial charge in [0.25, 0.3) is 10.0 Å². The largest absolute Gasteiger partial charge is 0.355 e. The van der Waals surface area contributed by atoms with Crippen LogP contribution in [-0.4, -0.2) is 31.7 Å². The number of sulfonamides is 1. The molecule has 0 radical (unpaired) electrons. The highest BCUT2D eigenvalue weighted by Gasteiger charge is 2.20. The third-order valence-electron chi connectivity index (χ3n) is 5.35.